The maximum atomic E-state index is 9.41. The first-order valence-corrected chi connectivity index (χ1v) is 4.70. The molecule has 78 valence electrons. The summed E-state index contributed by atoms with van der Waals surface area (Å²) in [6.45, 7) is 3.53. The van der Waals surface area contributed by atoms with Gasteiger partial charge in [-0.05, 0) is 30.5 Å². The second-order valence-electron chi connectivity index (χ2n) is 3.57. The van der Waals surface area contributed by atoms with Crippen LogP contribution in [0.5, 0.6) is 0 Å². The third-order valence-electron chi connectivity index (χ3n) is 2.44. The Bertz CT molecular complexity index is 310. The molecule has 0 radical (unpaired) electrons. The van der Waals surface area contributed by atoms with Crippen molar-refractivity contribution in [3.05, 3.63) is 34.9 Å². The Labute approximate surface area is 84.2 Å². The molecule has 0 saturated heterocycles. The van der Waals surface area contributed by atoms with Crippen molar-refractivity contribution in [1.29, 1.82) is 0 Å². The number of aryl methyl sites for hydroxylation is 1. The third kappa shape index (κ3) is 2.12. The summed E-state index contributed by atoms with van der Waals surface area (Å²) in [5.74, 6) is 0. The SMILES string of the molecule is Cc1cccc(CO)c1[C@@H](N)[C@@H](C)O. The average molecular weight is 195 g/mol. The normalized spacial score (nSPS) is 15.2. The smallest absolute Gasteiger partial charge is 0.0704 e. The van der Waals surface area contributed by atoms with Gasteiger partial charge in [0.2, 0.25) is 0 Å². The molecule has 0 aromatic heterocycles. The van der Waals surface area contributed by atoms with Gasteiger partial charge in [0.1, 0.15) is 0 Å². The molecule has 0 fully saturated rings. The van der Waals surface area contributed by atoms with Crippen molar-refractivity contribution in [3.8, 4) is 0 Å². The van der Waals surface area contributed by atoms with Crippen LogP contribution in [-0.2, 0) is 6.61 Å². The highest BCUT2D eigenvalue weighted by atomic mass is 16.3. The standard InChI is InChI=1S/C11H17NO2/c1-7-4-3-5-9(6-13)10(7)11(12)8(2)14/h3-5,8,11,13-14H,6,12H2,1-2H3/t8-,11+/m1/s1. The molecule has 2 atom stereocenters. The molecule has 0 bridgehead atoms. The summed E-state index contributed by atoms with van der Waals surface area (Å²) in [6.07, 6.45) is -0.610. The summed E-state index contributed by atoms with van der Waals surface area (Å²) in [4.78, 5) is 0. The predicted octanol–water partition coefficient (Wildman–Crippen LogP) is 0.868. The van der Waals surface area contributed by atoms with Crippen LogP contribution in [0.25, 0.3) is 0 Å². The lowest BCUT2D eigenvalue weighted by atomic mass is 9.93. The monoisotopic (exact) mass is 195 g/mol. The lowest BCUT2D eigenvalue weighted by Crippen LogP contribution is -2.25. The van der Waals surface area contributed by atoms with Crippen LogP contribution in [0, 0.1) is 6.92 Å². The second kappa shape index (κ2) is 4.55. The van der Waals surface area contributed by atoms with Gasteiger partial charge >= 0.3 is 0 Å². The minimum atomic E-state index is -0.610. The topological polar surface area (TPSA) is 66.5 Å². The van der Waals surface area contributed by atoms with Gasteiger partial charge in [0, 0.05) is 0 Å². The van der Waals surface area contributed by atoms with E-state index in [2.05, 4.69) is 0 Å². The van der Waals surface area contributed by atoms with Crippen LogP contribution in [0.15, 0.2) is 18.2 Å². The minimum Gasteiger partial charge on any atom is -0.392 e. The van der Waals surface area contributed by atoms with Gasteiger partial charge in [-0.25, -0.2) is 0 Å². The van der Waals surface area contributed by atoms with Gasteiger partial charge < -0.3 is 15.9 Å². The molecule has 3 nitrogen and oxygen atoms in total. The molecule has 0 heterocycles. The molecule has 0 aliphatic rings. The summed E-state index contributed by atoms with van der Waals surface area (Å²) in [7, 11) is 0. The van der Waals surface area contributed by atoms with E-state index in [1.165, 1.54) is 0 Å². The number of hydrogen-bond donors (Lipinski definition) is 3. The fourth-order valence-corrected chi connectivity index (χ4v) is 1.60. The van der Waals surface area contributed by atoms with E-state index < -0.39 is 12.1 Å². The van der Waals surface area contributed by atoms with Gasteiger partial charge in [0.05, 0.1) is 18.8 Å². The molecule has 0 amide bonds. The van der Waals surface area contributed by atoms with Crippen molar-refractivity contribution in [1.82, 2.24) is 0 Å². The first-order chi connectivity index (χ1) is 6.57. The lowest BCUT2D eigenvalue weighted by molar-refractivity contribution is 0.162. The van der Waals surface area contributed by atoms with E-state index in [4.69, 9.17) is 10.8 Å². The van der Waals surface area contributed by atoms with Crippen molar-refractivity contribution in [3.63, 3.8) is 0 Å². The molecule has 1 aromatic rings. The fraction of sp³-hybridized carbons (Fsp3) is 0.455. The van der Waals surface area contributed by atoms with Crippen LogP contribution in [0.2, 0.25) is 0 Å². The number of rotatable bonds is 3. The van der Waals surface area contributed by atoms with Crippen molar-refractivity contribution < 1.29 is 10.2 Å². The molecule has 0 saturated carbocycles. The van der Waals surface area contributed by atoms with Crippen molar-refractivity contribution >= 4 is 0 Å². The predicted molar refractivity (Wildman–Crippen MR) is 55.7 cm³/mol. The van der Waals surface area contributed by atoms with Gasteiger partial charge in [-0.1, -0.05) is 18.2 Å². The molecular formula is C11H17NO2. The molecule has 0 unspecified atom stereocenters. The highest BCUT2D eigenvalue weighted by Crippen LogP contribution is 2.23. The molecule has 0 aliphatic carbocycles. The van der Waals surface area contributed by atoms with Gasteiger partial charge in [-0.15, -0.1) is 0 Å². The third-order valence-corrected chi connectivity index (χ3v) is 2.44. The molecule has 3 heteroatoms. The second-order valence-corrected chi connectivity index (χ2v) is 3.57. The maximum Gasteiger partial charge on any atom is 0.0704 e. The van der Waals surface area contributed by atoms with Crippen molar-refractivity contribution in [2.24, 2.45) is 5.73 Å². The molecule has 0 spiro atoms. The van der Waals surface area contributed by atoms with Gasteiger partial charge in [0.15, 0.2) is 0 Å². The number of hydrogen-bond acceptors (Lipinski definition) is 3. The number of aliphatic hydroxyl groups is 2. The summed E-state index contributed by atoms with van der Waals surface area (Å²) in [5, 5.41) is 18.5. The molecule has 14 heavy (non-hydrogen) atoms. The Morgan fingerprint density at radius 1 is 1.43 bits per heavy atom. The molecular weight excluding hydrogens is 178 g/mol. The van der Waals surface area contributed by atoms with Crippen LogP contribution in [0.4, 0.5) is 0 Å². The quantitative estimate of drug-likeness (QED) is 0.670. The highest BCUT2D eigenvalue weighted by Gasteiger charge is 2.17. The van der Waals surface area contributed by atoms with E-state index in [0.717, 1.165) is 16.7 Å². The number of benzene rings is 1. The largest absolute Gasteiger partial charge is 0.392 e. The van der Waals surface area contributed by atoms with E-state index in [1.807, 2.05) is 25.1 Å². The first-order valence-electron chi connectivity index (χ1n) is 4.70. The van der Waals surface area contributed by atoms with E-state index in [0.29, 0.717) is 0 Å². The number of nitrogens with two attached hydrogens (primary N) is 1. The minimum absolute atomic E-state index is 0.0442. The summed E-state index contributed by atoms with van der Waals surface area (Å²) in [5.41, 5.74) is 8.50. The Hall–Kier alpha value is -0.900. The van der Waals surface area contributed by atoms with Gasteiger partial charge in [0.25, 0.3) is 0 Å². The van der Waals surface area contributed by atoms with Crippen LogP contribution in [0.3, 0.4) is 0 Å². The highest BCUT2D eigenvalue weighted by molar-refractivity contribution is 5.37. The van der Waals surface area contributed by atoms with E-state index >= 15 is 0 Å². The Morgan fingerprint density at radius 3 is 2.57 bits per heavy atom. The van der Waals surface area contributed by atoms with E-state index in [1.54, 1.807) is 6.92 Å². The van der Waals surface area contributed by atoms with Crippen LogP contribution in [-0.4, -0.2) is 16.3 Å². The maximum absolute atomic E-state index is 9.41. The Morgan fingerprint density at radius 2 is 2.07 bits per heavy atom. The van der Waals surface area contributed by atoms with Crippen LogP contribution >= 0.6 is 0 Å². The van der Waals surface area contributed by atoms with Gasteiger partial charge in [-0.3, -0.25) is 0 Å². The Balaban J connectivity index is 3.16. The van der Waals surface area contributed by atoms with E-state index in [-0.39, 0.29) is 6.61 Å². The first kappa shape index (κ1) is 11.2. The lowest BCUT2D eigenvalue weighted by Gasteiger charge is -2.20. The summed E-state index contributed by atoms with van der Waals surface area (Å²) < 4.78 is 0. The fourth-order valence-electron chi connectivity index (χ4n) is 1.60. The zero-order valence-electron chi connectivity index (χ0n) is 8.57. The van der Waals surface area contributed by atoms with Crippen LogP contribution < -0.4 is 5.73 Å². The molecule has 1 aromatic carbocycles. The zero-order chi connectivity index (χ0) is 10.7. The van der Waals surface area contributed by atoms with Gasteiger partial charge in [-0.2, -0.15) is 0 Å². The molecule has 4 N–H and O–H groups in total. The average Bonchev–Trinajstić information content (AvgIpc) is 2.16. The van der Waals surface area contributed by atoms with Crippen molar-refractivity contribution in [2.75, 3.05) is 0 Å². The van der Waals surface area contributed by atoms with Crippen molar-refractivity contribution in [2.45, 2.75) is 32.6 Å². The molecule has 0 aliphatic heterocycles. The zero-order valence-corrected chi connectivity index (χ0v) is 8.57. The summed E-state index contributed by atoms with van der Waals surface area (Å²) >= 11 is 0. The Kier molecular flexibility index (Phi) is 3.63. The van der Waals surface area contributed by atoms with Crippen LogP contribution in [0.1, 0.15) is 29.7 Å². The molecule has 1 rings (SSSR count). The number of aliphatic hydroxyl groups excluding tert-OH is 2. The summed E-state index contributed by atoms with van der Waals surface area (Å²) in [6, 6.07) is 5.19. The van der Waals surface area contributed by atoms with E-state index in [9.17, 15) is 5.11 Å².